The average Bonchev–Trinajstić information content (AvgIpc) is 2.82. The second-order valence-corrected chi connectivity index (χ2v) is 5.29. The van der Waals surface area contributed by atoms with E-state index < -0.39 is 15.8 Å². The van der Waals surface area contributed by atoms with Crippen molar-refractivity contribution >= 4 is 10.0 Å². The minimum atomic E-state index is -3.73. The lowest BCUT2D eigenvalue weighted by Gasteiger charge is -2.05. The van der Waals surface area contributed by atoms with E-state index >= 15 is 0 Å². The predicted molar refractivity (Wildman–Crippen MR) is 61.7 cm³/mol. The Morgan fingerprint density at radius 1 is 1.39 bits per heavy atom. The van der Waals surface area contributed by atoms with Gasteiger partial charge >= 0.3 is 0 Å². The van der Waals surface area contributed by atoms with Gasteiger partial charge < -0.3 is 4.98 Å². The molecule has 0 bridgehead atoms. The van der Waals surface area contributed by atoms with Gasteiger partial charge in [0.1, 0.15) is 16.5 Å². The van der Waals surface area contributed by atoms with Crippen LogP contribution in [0.25, 0.3) is 0 Å². The van der Waals surface area contributed by atoms with Gasteiger partial charge in [-0.15, -0.1) is 0 Å². The molecule has 0 amide bonds. The summed E-state index contributed by atoms with van der Waals surface area (Å²) < 4.78 is 38.7. The molecule has 0 fully saturated rings. The lowest BCUT2D eigenvalue weighted by Crippen LogP contribution is -2.26. The number of imidazole rings is 1. The fourth-order valence-electron chi connectivity index (χ4n) is 1.36. The summed E-state index contributed by atoms with van der Waals surface area (Å²) in [5, 5.41) is 0. The van der Waals surface area contributed by atoms with Crippen molar-refractivity contribution in [2.24, 2.45) is 0 Å². The van der Waals surface area contributed by atoms with Crippen molar-refractivity contribution in [3.63, 3.8) is 0 Å². The summed E-state index contributed by atoms with van der Waals surface area (Å²) in [5.74, 6) is -0.0148. The smallest absolute Gasteiger partial charge is 0.242 e. The van der Waals surface area contributed by atoms with E-state index in [1.165, 1.54) is 0 Å². The highest BCUT2D eigenvalue weighted by atomic mass is 32.2. The summed E-state index contributed by atoms with van der Waals surface area (Å²) in [6, 6.07) is 0.919. The van der Waals surface area contributed by atoms with Crippen LogP contribution < -0.4 is 4.72 Å². The summed E-state index contributed by atoms with van der Waals surface area (Å²) in [5.41, 5.74) is 0. The molecule has 0 spiro atoms. The van der Waals surface area contributed by atoms with Gasteiger partial charge in [0, 0.05) is 31.6 Å². The van der Waals surface area contributed by atoms with Crippen molar-refractivity contribution in [3.05, 3.63) is 42.5 Å². The molecule has 96 valence electrons. The Balaban J connectivity index is 1.99. The van der Waals surface area contributed by atoms with Crippen molar-refractivity contribution in [3.8, 4) is 0 Å². The van der Waals surface area contributed by atoms with Crippen LogP contribution in [0.3, 0.4) is 0 Å². The number of aromatic amines is 1. The molecule has 0 aliphatic rings. The molecular formula is C10H11FN4O2S. The molecule has 2 aromatic rings. The molecule has 2 N–H and O–H groups in total. The van der Waals surface area contributed by atoms with E-state index in [2.05, 4.69) is 19.7 Å². The molecule has 2 aromatic heterocycles. The first-order valence-corrected chi connectivity index (χ1v) is 6.65. The number of hydrogen-bond donors (Lipinski definition) is 2. The maximum Gasteiger partial charge on any atom is 0.242 e. The van der Waals surface area contributed by atoms with Gasteiger partial charge in [-0.05, 0) is 6.07 Å². The quantitative estimate of drug-likeness (QED) is 0.826. The summed E-state index contributed by atoms with van der Waals surface area (Å²) in [6.45, 7) is 0.173. The van der Waals surface area contributed by atoms with E-state index in [-0.39, 0.29) is 11.4 Å². The molecule has 0 aromatic carbocycles. The summed E-state index contributed by atoms with van der Waals surface area (Å²) in [4.78, 5) is 10.1. The molecule has 0 saturated heterocycles. The fraction of sp³-hybridized carbons (Fsp3) is 0.200. The van der Waals surface area contributed by atoms with Gasteiger partial charge in [-0.1, -0.05) is 0 Å². The maximum absolute atomic E-state index is 12.9. The van der Waals surface area contributed by atoms with E-state index in [1.807, 2.05) is 0 Å². The molecule has 6 nitrogen and oxygen atoms in total. The topological polar surface area (TPSA) is 87.7 Å². The van der Waals surface area contributed by atoms with Crippen molar-refractivity contribution in [2.75, 3.05) is 6.54 Å². The van der Waals surface area contributed by atoms with Crippen LogP contribution in [-0.2, 0) is 16.4 Å². The molecule has 0 unspecified atom stereocenters. The minimum Gasteiger partial charge on any atom is -0.349 e. The Morgan fingerprint density at radius 3 is 2.89 bits per heavy atom. The van der Waals surface area contributed by atoms with Gasteiger partial charge in [-0.25, -0.2) is 22.5 Å². The molecule has 2 heterocycles. The zero-order chi connectivity index (χ0) is 13.0. The highest BCUT2D eigenvalue weighted by Gasteiger charge is 2.14. The van der Waals surface area contributed by atoms with Gasteiger partial charge in [-0.3, -0.25) is 4.98 Å². The third-order valence-electron chi connectivity index (χ3n) is 2.20. The lowest BCUT2D eigenvalue weighted by atomic mass is 10.4. The van der Waals surface area contributed by atoms with Crippen LogP contribution in [0, 0.1) is 5.82 Å². The first-order valence-electron chi connectivity index (χ1n) is 5.16. The Kier molecular flexibility index (Phi) is 3.68. The van der Waals surface area contributed by atoms with Crippen molar-refractivity contribution in [2.45, 2.75) is 11.3 Å². The van der Waals surface area contributed by atoms with Gasteiger partial charge in [0.15, 0.2) is 0 Å². The van der Waals surface area contributed by atoms with Gasteiger partial charge in [0.25, 0.3) is 0 Å². The maximum atomic E-state index is 12.9. The number of hydrogen-bond acceptors (Lipinski definition) is 4. The molecular weight excluding hydrogens is 259 g/mol. The highest BCUT2D eigenvalue weighted by molar-refractivity contribution is 7.89. The first kappa shape index (κ1) is 12.7. The Labute approximate surface area is 103 Å². The van der Waals surface area contributed by atoms with Crippen LogP contribution in [0.2, 0.25) is 0 Å². The monoisotopic (exact) mass is 270 g/mol. The van der Waals surface area contributed by atoms with Crippen LogP contribution in [0.5, 0.6) is 0 Å². The summed E-state index contributed by atoms with van der Waals surface area (Å²) in [6.07, 6.45) is 5.70. The molecule has 0 atom stereocenters. The fourth-order valence-corrected chi connectivity index (χ4v) is 2.37. The molecule has 0 radical (unpaired) electrons. The van der Waals surface area contributed by atoms with E-state index in [0.29, 0.717) is 12.2 Å². The Morgan fingerprint density at radius 2 is 2.22 bits per heavy atom. The zero-order valence-corrected chi connectivity index (χ0v) is 10.1. The van der Waals surface area contributed by atoms with Gasteiger partial charge in [0.2, 0.25) is 10.0 Å². The number of H-pyrrole nitrogens is 1. The predicted octanol–water partition coefficient (Wildman–Crippen LogP) is 0.465. The number of sulfonamides is 1. The average molecular weight is 270 g/mol. The summed E-state index contributed by atoms with van der Waals surface area (Å²) >= 11 is 0. The normalized spacial score (nSPS) is 11.6. The second kappa shape index (κ2) is 5.23. The molecule has 0 aliphatic heterocycles. The van der Waals surface area contributed by atoms with Crippen LogP contribution in [0.15, 0.2) is 35.7 Å². The van der Waals surface area contributed by atoms with E-state index in [4.69, 9.17) is 0 Å². The highest BCUT2D eigenvalue weighted by Crippen LogP contribution is 2.08. The number of rotatable bonds is 5. The molecule has 0 aliphatic carbocycles. The number of aromatic nitrogens is 3. The molecule has 0 saturated carbocycles. The second-order valence-electron chi connectivity index (χ2n) is 3.52. The van der Waals surface area contributed by atoms with E-state index in [1.54, 1.807) is 12.4 Å². The molecule has 18 heavy (non-hydrogen) atoms. The third-order valence-corrected chi connectivity index (χ3v) is 3.63. The van der Waals surface area contributed by atoms with Gasteiger partial charge in [0.05, 0.1) is 6.20 Å². The van der Waals surface area contributed by atoms with Crippen LogP contribution in [-0.4, -0.2) is 29.9 Å². The standard InChI is InChI=1S/C10H11FN4O2S/c11-8-5-9(7-12-6-8)18(16,17)15-2-1-10-13-3-4-14-10/h3-7,15H,1-2H2,(H,13,14). The number of nitrogens with one attached hydrogen (secondary N) is 2. The lowest BCUT2D eigenvalue weighted by molar-refractivity contribution is 0.575. The van der Waals surface area contributed by atoms with Crippen LogP contribution in [0.4, 0.5) is 4.39 Å². The zero-order valence-electron chi connectivity index (χ0n) is 9.30. The summed E-state index contributed by atoms with van der Waals surface area (Å²) in [7, 11) is -3.73. The van der Waals surface area contributed by atoms with Crippen LogP contribution >= 0.6 is 0 Å². The molecule has 8 heteroatoms. The minimum absolute atomic E-state index is 0.173. The van der Waals surface area contributed by atoms with Crippen molar-refractivity contribution in [1.82, 2.24) is 19.7 Å². The largest absolute Gasteiger partial charge is 0.349 e. The number of nitrogens with zero attached hydrogens (tertiary/aromatic N) is 2. The number of pyridine rings is 1. The van der Waals surface area contributed by atoms with Crippen molar-refractivity contribution < 1.29 is 12.8 Å². The van der Waals surface area contributed by atoms with Gasteiger partial charge in [-0.2, -0.15) is 0 Å². The Hall–Kier alpha value is -1.80. The number of halogens is 1. The van der Waals surface area contributed by atoms with E-state index in [9.17, 15) is 12.8 Å². The van der Waals surface area contributed by atoms with E-state index in [0.717, 1.165) is 18.5 Å². The Bertz CT molecular complexity index is 613. The third kappa shape index (κ3) is 3.11. The first-order chi connectivity index (χ1) is 8.58. The molecule has 2 rings (SSSR count). The van der Waals surface area contributed by atoms with Crippen molar-refractivity contribution in [1.29, 1.82) is 0 Å². The van der Waals surface area contributed by atoms with Crippen LogP contribution in [0.1, 0.15) is 5.82 Å². The SMILES string of the molecule is O=S(=O)(NCCc1ncc[nH]1)c1cncc(F)c1.